The third kappa shape index (κ3) is 4.33. The molecule has 1 aromatic heterocycles. The van der Waals surface area contributed by atoms with Crippen molar-refractivity contribution in [3.05, 3.63) is 24.0 Å². The predicted octanol–water partition coefficient (Wildman–Crippen LogP) is 0.764. The molecule has 0 saturated heterocycles. The van der Waals surface area contributed by atoms with E-state index >= 15 is 0 Å². The first kappa shape index (κ1) is 14.0. The number of hydrogen-bond donors (Lipinski definition) is 2. The van der Waals surface area contributed by atoms with Crippen LogP contribution in [0.15, 0.2) is 18.5 Å². The molecule has 94 valence electrons. The molecule has 2 N–H and O–H groups in total. The summed E-state index contributed by atoms with van der Waals surface area (Å²) in [5.41, 5.74) is 0.459. The lowest BCUT2D eigenvalue weighted by Crippen LogP contribution is -2.21. The molecule has 0 aromatic carbocycles. The lowest BCUT2D eigenvalue weighted by molar-refractivity contribution is -0.109. The number of pyridine rings is 1. The minimum atomic E-state index is -1.08. The van der Waals surface area contributed by atoms with Crippen LogP contribution in [0.3, 0.4) is 0 Å². The first-order valence-electron chi connectivity index (χ1n) is 5.03. The van der Waals surface area contributed by atoms with Crippen LogP contribution in [0.1, 0.15) is 18.6 Å². The molecule has 0 aliphatic rings. The maximum absolute atomic E-state index is 10.7. The standard InChI is InChI=1S/C11H15NO4S/c1-7(13)17-6-10(14)11(15)8-3-9(16-2)5-12-4-8/h3-5,10-11,14-15H,6H2,1-2H3. The summed E-state index contributed by atoms with van der Waals surface area (Å²) in [5, 5.41) is 19.4. The number of rotatable bonds is 5. The van der Waals surface area contributed by atoms with Crippen LogP contribution in [-0.4, -0.2) is 39.3 Å². The van der Waals surface area contributed by atoms with E-state index in [1.54, 1.807) is 6.07 Å². The Balaban J connectivity index is 2.66. The number of aliphatic hydroxyl groups excluding tert-OH is 2. The van der Waals surface area contributed by atoms with Gasteiger partial charge in [0, 0.05) is 24.4 Å². The fourth-order valence-corrected chi connectivity index (χ4v) is 1.81. The van der Waals surface area contributed by atoms with Gasteiger partial charge in [-0.1, -0.05) is 11.8 Å². The SMILES string of the molecule is COc1cncc(C(O)C(O)CSC(C)=O)c1. The first-order chi connectivity index (χ1) is 8.04. The maximum Gasteiger partial charge on any atom is 0.185 e. The molecule has 1 rings (SSSR count). The summed E-state index contributed by atoms with van der Waals surface area (Å²) in [5.74, 6) is 0.654. The van der Waals surface area contributed by atoms with E-state index in [9.17, 15) is 15.0 Å². The molecule has 0 saturated carbocycles. The lowest BCUT2D eigenvalue weighted by Gasteiger charge is -2.17. The molecular formula is C11H15NO4S. The zero-order chi connectivity index (χ0) is 12.8. The number of nitrogens with zero attached hydrogens (tertiary/aromatic N) is 1. The Morgan fingerprint density at radius 2 is 2.24 bits per heavy atom. The average molecular weight is 257 g/mol. The van der Waals surface area contributed by atoms with Gasteiger partial charge in [-0.25, -0.2) is 0 Å². The van der Waals surface area contributed by atoms with Gasteiger partial charge < -0.3 is 14.9 Å². The minimum absolute atomic E-state index is 0.0972. The van der Waals surface area contributed by atoms with Crippen molar-refractivity contribution in [2.24, 2.45) is 0 Å². The van der Waals surface area contributed by atoms with Gasteiger partial charge in [0.05, 0.1) is 19.4 Å². The van der Waals surface area contributed by atoms with Crippen LogP contribution in [0, 0.1) is 0 Å². The quantitative estimate of drug-likeness (QED) is 0.811. The van der Waals surface area contributed by atoms with Crippen molar-refractivity contribution in [2.75, 3.05) is 12.9 Å². The second-order valence-corrected chi connectivity index (χ2v) is 4.67. The average Bonchev–Trinajstić information content (AvgIpc) is 2.35. The Morgan fingerprint density at radius 1 is 1.53 bits per heavy atom. The third-order valence-electron chi connectivity index (χ3n) is 2.13. The highest BCUT2D eigenvalue weighted by molar-refractivity contribution is 8.13. The normalized spacial score (nSPS) is 14.1. The van der Waals surface area contributed by atoms with E-state index in [1.165, 1.54) is 26.4 Å². The van der Waals surface area contributed by atoms with E-state index in [-0.39, 0.29) is 10.9 Å². The van der Waals surface area contributed by atoms with Crippen LogP contribution in [0.25, 0.3) is 0 Å². The molecule has 0 fully saturated rings. The van der Waals surface area contributed by atoms with Gasteiger partial charge in [-0.05, 0) is 6.07 Å². The van der Waals surface area contributed by atoms with Crippen molar-refractivity contribution in [1.82, 2.24) is 4.98 Å². The molecule has 0 radical (unpaired) electrons. The molecule has 1 aromatic rings. The molecule has 0 aliphatic heterocycles. The van der Waals surface area contributed by atoms with E-state index in [0.29, 0.717) is 11.3 Å². The summed E-state index contributed by atoms with van der Waals surface area (Å²) in [6.45, 7) is 1.41. The molecular weight excluding hydrogens is 242 g/mol. The van der Waals surface area contributed by atoms with Gasteiger partial charge in [0.2, 0.25) is 0 Å². The van der Waals surface area contributed by atoms with E-state index < -0.39 is 12.2 Å². The van der Waals surface area contributed by atoms with Gasteiger partial charge in [0.25, 0.3) is 0 Å². The first-order valence-corrected chi connectivity index (χ1v) is 6.01. The Hall–Kier alpha value is -1.11. The second-order valence-electron chi connectivity index (χ2n) is 3.47. The summed E-state index contributed by atoms with van der Waals surface area (Å²) in [7, 11) is 1.50. The van der Waals surface area contributed by atoms with Crippen LogP contribution in [0.5, 0.6) is 5.75 Å². The zero-order valence-electron chi connectivity index (χ0n) is 9.66. The molecule has 17 heavy (non-hydrogen) atoms. The number of hydrogen-bond acceptors (Lipinski definition) is 6. The Labute approximate surface area is 104 Å². The highest BCUT2D eigenvalue weighted by atomic mass is 32.2. The number of aromatic nitrogens is 1. The van der Waals surface area contributed by atoms with E-state index in [4.69, 9.17) is 4.74 Å². The van der Waals surface area contributed by atoms with Crippen molar-refractivity contribution < 1.29 is 19.7 Å². The number of carbonyl (C=O) groups excluding carboxylic acids is 1. The van der Waals surface area contributed by atoms with Crippen LogP contribution >= 0.6 is 11.8 Å². The topological polar surface area (TPSA) is 79.7 Å². The molecule has 0 amide bonds. The van der Waals surface area contributed by atoms with Crippen LogP contribution in [-0.2, 0) is 4.79 Å². The van der Waals surface area contributed by atoms with E-state index in [0.717, 1.165) is 11.8 Å². The molecule has 0 aliphatic carbocycles. The fourth-order valence-electron chi connectivity index (χ4n) is 1.23. The van der Waals surface area contributed by atoms with Gasteiger partial charge in [-0.3, -0.25) is 9.78 Å². The Morgan fingerprint density at radius 3 is 2.82 bits per heavy atom. The minimum Gasteiger partial charge on any atom is -0.495 e. The van der Waals surface area contributed by atoms with Crippen LogP contribution < -0.4 is 4.74 Å². The summed E-state index contributed by atoms with van der Waals surface area (Å²) in [6, 6.07) is 1.60. The molecule has 0 spiro atoms. The van der Waals surface area contributed by atoms with Gasteiger partial charge in [-0.15, -0.1) is 0 Å². The van der Waals surface area contributed by atoms with Gasteiger partial charge in [0.1, 0.15) is 11.9 Å². The number of carbonyl (C=O) groups is 1. The van der Waals surface area contributed by atoms with Gasteiger partial charge in [-0.2, -0.15) is 0 Å². The van der Waals surface area contributed by atoms with E-state index in [1.807, 2.05) is 0 Å². The van der Waals surface area contributed by atoms with Crippen molar-refractivity contribution in [3.8, 4) is 5.75 Å². The number of aliphatic hydroxyl groups is 2. The zero-order valence-corrected chi connectivity index (χ0v) is 10.5. The predicted molar refractivity (Wildman–Crippen MR) is 64.9 cm³/mol. The number of ether oxygens (including phenoxy) is 1. The molecule has 1 heterocycles. The molecule has 2 atom stereocenters. The Bertz CT molecular complexity index is 385. The van der Waals surface area contributed by atoms with Crippen molar-refractivity contribution in [2.45, 2.75) is 19.1 Å². The summed E-state index contributed by atoms with van der Waals surface area (Å²) < 4.78 is 4.97. The molecule has 2 unspecified atom stereocenters. The van der Waals surface area contributed by atoms with Crippen molar-refractivity contribution in [3.63, 3.8) is 0 Å². The largest absolute Gasteiger partial charge is 0.495 e. The number of methoxy groups -OCH3 is 1. The highest BCUT2D eigenvalue weighted by Crippen LogP contribution is 2.22. The van der Waals surface area contributed by atoms with Crippen molar-refractivity contribution >= 4 is 16.9 Å². The molecule has 0 bridgehead atoms. The third-order valence-corrected chi connectivity index (χ3v) is 3.05. The Kier molecular flexibility index (Phi) is 5.40. The summed E-state index contributed by atoms with van der Waals surface area (Å²) in [6.07, 6.45) is 0.865. The monoisotopic (exact) mass is 257 g/mol. The summed E-state index contributed by atoms with van der Waals surface area (Å²) >= 11 is 0.972. The number of thioether (sulfide) groups is 1. The second kappa shape index (κ2) is 6.58. The highest BCUT2D eigenvalue weighted by Gasteiger charge is 2.19. The fraction of sp³-hybridized carbons (Fsp3) is 0.455. The lowest BCUT2D eigenvalue weighted by atomic mass is 10.1. The molecule has 6 heteroatoms. The molecule has 5 nitrogen and oxygen atoms in total. The maximum atomic E-state index is 10.7. The smallest absolute Gasteiger partial charge is 0.185 e. The van der Waals surface area contributed by atoms with Gasteiger partial charge >= 0.3 is 0 Å². The van der Waals surface area contributed by atoms with Crippen LogP contribution in [0.2, 0.25) is 0 Å². The van der Waals surface area contributed by atoms with Crippen molar-refractivity contribution in [1.29, 1.82) is 0 Å². The van der Waals surface area contributed by atoms with E-state index in [2.05, 4.69) is 4.98 Å². The van der Waals surface area contributed by atoms with Gasteiger partial charge in [0.15, 0.2) is 5.12 Å². The summed E-state index contributed by atoms with van der Waals surface area (Å²) in [4.78, 5) is 14.6. The van der Waals surface area contributed by atoms with Crippen LogP contribution in [0.4, 0.5) is 0 Å².